The van der Waals surface area contributed by atoms with Gasteiger partial charge in [-0.05, 0) is 61.2 Å². The van der Waals surface area contributed by atoms with Crippen LogP contribution in [0.25, 0.3) is 11.1 Å². The molecular formula is C27H27F3N6O. The fourth-order valence-electron chi connectivity index (χ4n) is 3.61. The van der Waals surface area contributed by atoms with E-state index in [2.05, 4.69) is 21.5 Å². The van der Waals surface area contributed by atoms with Crippen molar-refractivity contribution in [2.45, 2.75) is 31.9 Å². The van der Waals surface area contributed by atoms with Gasteiger partial charge in [0.05, 0.1) is 24.3 Å². The van der Waals surface area contributed by atoms with Crippen molar-refractivity contribution in [1.29, 1.82) is 5.26 Å². The van der Waals surface area contributed by atoms with Crippen LogP contribution in [0.2, 0.25) is 0 Å². The lowest BCUT2D eigenvalue weighted by molar-refractivity contribution is -0.115. The number of pyridine rings is 1. The molecule has 3 aromatic rings. The molecule has 1 aromatic carbocycles. The Bertz CT molecular complexity index is 1300. The number of aromatic nitrogens is 3. The molecule has 0 fully saturated rings. The first-order valence-corrected chi connectivity index (χ1v) is 11.6. The number of amides is 1. The van der Waals surface area contributed by atoms with E-state index in [4.69, 9.17) is 11.0 Å². The zero-order valence-corrected chi connectivity index (χ0v) is 20.3. The third-order valence-electron chi connectivity index (χ3n) is 5.49. The number of hydrogen-bond donors (Lipinski definition) is 2. The van der Waals surface area contributed by atoms with Crippen molar-refractivity contribution < 1.29 is 18.0 Å². The summed E-state index contributed by atoms with van der Waals surface area (Å²) in [6.07, 6.45) is 4.52. The van der Waals surface area contributed by atoms with Gasteiger partial charge in [-0.15, -0.1) is 0 Å². The number of nitriles is 1. The maximum Gasteiger partial charge on any atom is 0.412 e. The molecule has 1 amide bonds. The highest BCUT2D eigenvalue weighted by Gasteiger charge is 2.34. The number of alkyl halides is 3. The zero-order valence-electron chi connectivity index (χ0n) is 20.3. The van der Waals surface area contributed by atoms with Crippen molar-refractivity contribution in [3.8, 4) is 17.2 Å². The Kier molecular flexibility index (Phi) is 9.35. The maximum atomic E-state index is 12.8. The molecule has 2 aromatic heterocycles. The number of anilines is 1. The number of rotatable bonds is 6. The molecule has 0 atom stereocenters. The first-order valence-electron chi connectivity index (χ1n) is 11.6. The quantitative estimate of drug-likeness (QED) is 0.483. The number of halogens is 3. The second-order valence-corrected chi connectivity index (χ2v) is 8.39. The highest BCUT2D eigenvalue weighted by molar-refractivity contribution is 5.92. The van der Waals surface area contributed by atoms with Gasteiger partial charge in [-0.3, -0.25) is 9.48 Å². The van der Waals surface area contributed by atoms with Gasteiger partial charge in [0, 0.05) is 36.1 Å². The predicted octanol–water partition coefficient (Wildman–Crippen LogP) is 5.08. The minimum Gasteiger partial charge on any atom is -0.330 e. The number of carbonyl (C=O) groups is 1. The lowest BCUT2D eigenvalue weighted by atomic mass is 9.97. The molecule has 3 N–H and O–H groups in total. The molecule has 1 aliphatic carbocycles. The molecule has 0 spiro atoms. The lowest BCUT2D eigenvalue weighted by Crippen LogP contribution is -2.16. The van der Waals surface area contributed by atoms with Crippen molar-refractivity contribution in [1.82, 2.24) is 14.8 Å². The van der Waals surface area contributed by atoms with Crippen LogP contribution in [0.5, 0.6) is 0 Å². The highest BCUT2D eigenvalue weighted by atomic mass is 19.4. The molecule has 1 aliphatic rings. The van der Waals surface area contributed by atoms with Crippen LogP contribution in [0.3, 0.4) is 0 Å². The fraction of sp³-hybridized carbons (Fsp3) is 0.259. The van der Waals surface area contributed by atoms with Crippen LogP contribution in [0, 0.1) is 11.3 Å². The van der Waals surface area contributed by atoms with Crippen molar-refractivity contribution >= 4 is 11.7 Å². The zero-order chi connectivity index (χ0) is 26.8. The van der Waals surface area contributed by atoms with Gasteiger partial charge in [-0.25, -0.2) is 4.98 Å². The summed E-state index contributed by atoms with van der Waals surface area (Å²) >= 11 is 0. The summed E-state index contributed by atoms with van der Waals surface area (Å²) in [5.41, 5.74) is 8.77. The SMILES string of the molecule is Cn1cc(-c2ccc(NC(=O)CC3=CCCC(C(F)(F)F)=C3)nc2)cn1.N#Cc1ccc(CCN)cc1. The number of nitrogens with one attached hydrogen (secondary N) is 1. The molecule has 37 heavy (non-hydrogen) atoms. The average molecular weight is 509 g/mol. The van der Waals surface area contributed by atoms with Crippen LogP contribution in [0.4, 0.5) is 19.0 Å². The third-order valence-corrected chi connectivity index (χ3v) is 5.49. The molecule has 0 unspecified atom stereocenters. The topological polar surface area (TPSA) is 110 Å². The molecule has 0 radical (unpaired) electrons. The third kappa shape index (κ3) is 8.44. The first kappa shape index (κ1) is 27.4. The molecule has 0 saturated carbocycles. The average Bonchev–Trinajstić information content (AvgIpc) is 3.31. The molecular weight excluding hydrogens is 481 g/mol. The Morgan fingerprint density at radius 3 is 2.49 bits per heavy atom. The van der Waals surface area contributed by atoms with Gasteiger partial charge < -0.3 is 11.1 Å². The monoisotopic (exact) mass is 508 g/mol. The van der Waals surface area contributed by atoms with E-state index in [1.54, 1.807) is 35.3 Å². The summed E-state index contributed by atoms with van der Waals surface area (Å²) in [6.45, 7) is 0.659. The fourth-order valence-corrected chi connectivity index (χ4v) is 3.61. The summed E-state index contributed by atoms with van der Waals surface area (Å²) in [6, 6.07) is 13.0. The highest BCUT2D eigenvalue weighted by Crippen LogP contribution is 2.33. The molecule has 4 rings (SSSR count). The van der Waals surface area contributed by atoms with E-state index in [1.165, 1.54) is 5.56 Å². The molecule has 192 valence electrons. The predicted molar refractivity (Wildman–Crippen MR) is 135 cm³/mol. The molecule has 10 heteroatoms. The van der Waals surface area contributed by atoms with E-state index in [1.807, 2.05) is 37.5 Å². The van der Waals surface area contributed by atoms with Crippen LogP contribution in [0.15, 0.2) is 78.3 Å². The Morgan fingerprint density at radius 1 is 1.16 bits per heavy atom. The number of carbonyl (C=O) groups excluding carboxylic acids is 1. The standard InChI is InChI=1S/C18H17F3N4O.C9H10N2/c1-25-11-14(10-23-25)13-5-6-16(22-9-13)24-17(26)8-12-3-2-4-15(7-12)18(19,20)21;10-6-5-8-1-3-9(7-11)4-2-8/h3,5-7,9-11H,2,4,8H2,1H3,(H,22,24,26);1-4H,5-6,10H2. The van der Waals surface area contributed by atoms with Gasteiger partial charge in [-0.2, -0.15) is 23.5 Å². The summed E-state index contributed by atoms with van der Waals surface area (Å²) < 4.78 is 40.0. The van der Waals surface area contributed by atoms with Crippen molar-refractivity contribution in [3.63, 3.8) is 0 Å². The van der Waals surface area contributed by atoms with Crippen LogP contribution in [-0.2, 0) is 18.3 Å². The summed E-state index contributed by atoms with van der Waals surface area (Å²) in [5, 5.41) is 15.2. The summed E-state index contributed by atoms with van der Waals surface area (Å²) in [4.78, 5) is 16.2. The normalized spacial score (nSPS) is 13.0. The number of nitrogens with zero attached hydrogens (tertiary/aromatic N) is 4. The van der Waals surface area contributed by atoms with Gasteiger partial charge in [0.25, 0.3) is 0 Å². The van der Waals surface area contributed by atoms with Gasteiger partial charge in [-0.1, -0.05) is 24.3 Å². The van der Waals surface area contributed by atoms with Gasteiger partial charge in [0.2, 0.25) is 5.91 Å². The number of allylic oxidation sites excluding steroid dienone is 3. The minimum absolute atomic E-state index is 0.0496. The maximum absolute atomic E-state index is 12.8. The summed E-state index contributed by atoms with van der Waals surface area (Å²) in [7, 11) is 1.81. The lowest BCUT2D eigenvalue weighted by Gasteiger charge is -2.16. The van der Waals surface area contributed by atoms with Gasteiger partial charge >= 0.3 is 6.18 Å². The van der Waals surface area contributed by atoms with Crippen molar-refractivity contribution in [3.05, 3.63) is 89.4 Å². The van der Waals surface area contributed by atoms with Gasteiger partial charge in [0.1, 0.15) is 5.82 Å². The minimum atomic E-state index is -4.35. The Morgan fingerprint density at radius 2 is 1.92 bits per heavy atom. The van der Waals surface area contributed by atoms with Crippen molar-refractivity contribution in [2.75, 3.05) is 11.9 Å². The van der Waals surface area contributed by atoms with E-state index in [0.29, 0.717) is 23.5 Å². The van der Waals surface area contributed by atoms with Crippen molar-refractivity contribution in [2.24, 2.45) is 12.8 Å². The molecule has 0 saturated heterocycles. The second kappa shape index (κ2) is 12.6. The van der Waals surface area contributed by atoms with E-state index < -0.39 is 17.7 Å². The largest absolute Gasteiger partial charge is 0.412 e. The van der Waals surface area contributed by atoms with Crippen LogP contribution in [-0.4, -0.2) is 33.4 Å². The number of hydrogen-bond acceptors (Lipinski definition) is 5. The van der Waals surface area contributed by atoms with Crippen LogP contribution < -0.4 is 11.1 Å². The summed E-state index contributed by atoms with van der Waals surface area (Å²) in [5.74, 6) is -0.0587. The van der Waals surface area contributed by atoms with Gasteiger partial charge in [0.15, 0.2) is 0 Å². The number of benzene rings is 1. The number of nitrogens with two attached hydrogens (primary N) is 1. The van der Waals surface area contributed by atoms with Crippen LogP contribution in [0.1, 0.15) is 30.4 Å². The Labute approximate surface area is 213 Å². The number of aryl methyl sites for hydroxylation is 1. The first-order chi connectivity index (χ1) is 17.7. The van der Waals surface area contributed by atoms with E-state index in [-0.39, 0.29) is 19.3 Å². The Balaban J connectivity index is 0.000000289. The Hall–Kier alpha value is -4.23. The van der Waals surface area contributed by atoms with Crippen LogP contribution >= 0.6 is 0 Å². The molecule has 7 nitrogen and oxygen atoms in total. The van der Waals surface area contributed by atoms with E-state index in [0.717, 1.165) is 23.6 Å². The van der Waals surface area contributed by atoms with E-state index in [9.17, 15) is 18.0 Å². The molecule has 2 heterocycles. The molecule has 0 aliphatic heterocycles. The molecule has 0 bridgehead atoms. The second-order valence-electron chi connectivity index (χ2n) is 8.39. The van der Waals surface area contributed by atoms with E-state index >= 15 is 0 Å². The smallest absolute Gasteiger partial charge is 0.330 e.